The van der Waals surface area contributed by atoms with Gasteiger partial charge in [0.05, 0.1) is 17.7 Å². The van der Waals surface area contributed by atoms with E-state index in [1.807, 2.05) is 27.7 Å². The molecule has 1 aliphatic heterocycles. The van der Waals surface area contributed by atoms with Gasteiger partial charge in [-0.25, -0.2) is 9.78 Å². The van der Waals surface area contributed by atoms with Crippen LogP contribution in [0.1, 0.15) is 52.6 Å². The van der Waals surface area contributed by atoms with Crippen molar-refractivity contribution in [2.75, 3.05) is 16.8 Å². The van der Waals surface area contributed by atoms with Crippen molar-refractivity contribution in [3.63, 3.8) is 0 Å². The fourth-order valence-electron chi connectivity index (χ4n) is 3.67. The van der Waals surface area contributed by atoms with Gasteiger partial charge in [0, 0.05) is 6.20 Å². The van der Waals surface area contributed by atoms with Gasteiger partial charge in [-0.05, 0) is 57.9 Å². The molecule has 3 atom stereocenters. The molecule has 8 nitrogen and oxygen atoms in total. The minimum absolute atomic E-state index is 0.169. The number of halogens is 3. The van der Waals surface area contributed by atoms with E-state index in [0.717, 1.165) is 0 Å². The minimum atomic E-state index is -4.78. The number of benzene rings is 1. The number of carbonyl (C=O) groups excluding carboxylic acids is 1. The lowest BCUT2D eigenvalue weighted by Crippen LogP contribution is -2.46. The maximum absolute atomic E-state index is 12.5. The Labute approximate surface area is 196 Å². The van der Waals surface area contributed by atoms with E-state index in [1.165, 1.54) is 29.3 Å². The number of hydrogen-bond acceptors (Lipinski definition) is 7. The van der Waals surface area contributed by atoms with E-state index >= 15 is 0 Å². The first-order valence-corrected chi connectivity index (χ1v) is 11.0. The summed E-state index contributed by atoms with van der Waals surface area (Å²) in [6, 6.07) is 6.43. The van der Waals surface area contributed by atoms with Crippen LogP contribution in [-0.2, 0) is 9.47 Å². The number of anilines is 2. The van der Waals surface area contributed by atoms with E-state index in [2.05, 4.69) is 20.0 Å². The molecule has 1 fully saturated rings. The van der Waals surface area contributed by atoms with Crippen LogP contribution in [0, 0.1) is 0 Å². The molecular formula is C23H29F3N4O4. The molecule has 34 heavy (non-hydrogen) atoms. The highest BCUT2D eigenvalue weighted by Crippen LogP contribution is 2.30. The summed E-state index contributed by atoms with van der Waals surface area (Å²) in [6.07, 6.45) is -3.42. The molecule has 1 amide bonds. The van der Waals surface area contributed by atoms with Gasteiger partial charge >= 0.3 is 12.5 Å². The lowest BCUT2D eigenvalue weighted by molar-refractivity contribution is -0.274. The van der Waals surface area contributed by atoms with Crippen LogP contribution < -0.4 is 15.0 Å². The summed E-state index contributed by atoms with van der Waals surface area (Å²) in [5.74, 6) is 0.220. The van der Waals surface area contributed by atoms with Crippen LogP contribution >= 0.6 is 0 Å². The second kappa shape index (κ2) is 10.0. The highest BCUT2D eigenvalue weighted by Gasteiger charge is 2.41. The Morgan fingerprint density at radius 1 is 1.26 bits per heavy atom. The van der Waals surface area contributed by atoms with E-state index in [4.69, 9.17) is 9.47 Å². The van der Waals surface area contributed by atoms with E-state index in [-0.39, 0.29) is 30.5 Å². The normalized spacial score (nSPS) is 18.4. The zero-order valence-corrected chi connectivity index (χ0v) is 19.7. The molecule has 0 radical (unpaired) electrons. The van der Waals surface area contributed by atoms with Crippen LogP contribution in [0.2, 0.25) is 0 Å². The third-order valence-corrected chi connectivity index (χ3v) is 5.07. The second-order valence-electron chi connectivity index (χ2n) is 8.92. The van der Waals surface area contributed by atoms with Crippen molar-refractivity contribution in [3.8, 4) is 5.75 Å². The molecule has 0 bridgehead atoms. The number of nitrogens with zero attached hydrogens (tertiary/aromatic N) is 3. The van der Waals surface area contributed by atoms with Gasteiger partial charge in [-0.3, -0.25) is 4.90 Å². The first-order chi connectivity index (χ1) is 15.9. The molecule has 1 aromatic heterocycles. The molecular weight excluding hydrogens is 453 g/mol. The summed E-state index contributed by atoms with van der Waals surface area (Å²) in [7, 11) is 0. The van der Waals surface area contributed by atoms with Crippen LogP contribution in [0.25, 0.3) is 0 Å². The summed E-state index contributed by atoms with van der Waals surface area (Å²) in [5.41, 5.74) is 0.134. The van der Waals surface area contributed by atoms with Crippen molar-refractivity contribution in [2.45, 2.75) is 71.2 Å². The Bertz CT molecular complexity index is 997. The number of aromatic nitrogens is 2. The van der Waals surface area contributed by atoms with Gasteiger partial charge in [0.1, 0.15) is 24.2 Å². The maximum Gasteiger partial charge on any atom is 0.573 e. The molecule has 0 unspecified atom stereocenters. The van der Waals surface area contributed by atoms with Gasteiger partial charge in [0.25, 0.3) is 0 Å². The molecule has 1 aliphatic rings. The third-order valence-electron chi connectivity index (χ3n) is 5.07. The van der Waals surface area contributed by atoms with Gasteiger partial charge < -0.3 is 19.5 Å². The Kier molecular flexibility index (Phi) is 7.54. The predicted molar refractivity (Wildman–Crippen MR) is 120 cm³/mol. The second-order valence-corrected chi connectivity index (χ2v) is 8.92. The van der Waals surface area contributed by atoms with E-state index in [0.29, 0.717) is 17.8 Å². The van der Waals surface area contributed by atoms with Gasteiger partial charge in [-0.15, -0.1) is 13.2 Å². The van der Waals surface area contributed by atoms with Crippen LogP contribution in [0.3, 0.4) is 0 Å². The number of alkyl halides is 3. The molecule has 1 N–H and O–H groups in total. The monoisotopic (exact) mass is 482 g/mol. The molecule has 2 aromatic rings. The fourth-order valence-corrected chi connectivity index (χ4v) is 3.67. The summed E-state index contributed by atoms with van der Waals surface area (Å²) >= 11 is 0. The molecule has 0 aliphatic carbocycles. The number of hydrogen-bond donors (Lipinski definition) is 1. The Balaban J connectivity index is 1.79. The zero-order chi connectivity index (χ0) is 25.1. The van der Waals surface area contributed by atoms with Crippen molar-refractivity contribution >= 4 is 17.9 Å². The van der Waals surface area contributed by atoms with Crippen molar-refractivity contribution in [2.24, 2.45) is 0 Å². The largest absolute Gasteiger partial charge is 0.573 e. The van der Waals surface area contributed by atoms with Gasteiger partial charge in [0.2, 0.25) is 5.95 Å². The number of cyclic esters (lactones) is 1. The molecule has 1 aromatic carbocycles. The molecule has 1 saturated heterocycles. The summed E-state index contributed by atoms with van der Waals surface area (Å²) in [5, 5.41) is 3.05. The first-order valence-electron chi connectivity index (χ1n) is 11.0. The van der Waals surface area contributed by atoms with Crippen LogP contribution in [0.4, 0.5) is 29.7 Å². The van der Waals surface area contributed by atoms with Crippen LogP contribution in [-0.4, -0.2) is 46.8 Å². The van der Waals surface area contributed by atoms with E-state index in [1.54, 1.807) is 19.1 Å². The molecule has 11 heteroatoms. The van der Waals surface area contributed by atoms with E-state index in [9.17, 15) is 18.0 Å². The number of ether oxygens (including phenoxy) is 3. The van der Waals surface area contributed by atoms with Gasteiger partial charge in [-0.2, -0.15) is 4.98 Å². The summed E-state index contributed by atoms with van der Waals surface area (Å²) in [6.45, 7) is 9.73. The standard InChI is InChI=1S/C23H29F3N4O4/c1-6-18(34-22(3,4)5)17-13-32-21(31)30(17)19-10-11-27-20(29-19)28-14(2)15-8-7-9-16(12-15)33-23(24,25)26/h7-12,14,17-18H,6,13H2,1-5H3,(H,27,28,29)/t14-,17+,18+/m0/s1. The quantitative estimate of drug-likeness (QED) is 0.534. The van der Waals surface area contributed by atoms with Crippen molar-refractivity contribution in [1.29, 1.82) is 0 Å². The molecule has 0 saturated carbocycles. The van der Waals surface area contributed by atoms with E-state index < -0.39 is 24.1 Å². The molecule has 3 rings (SSSR count). The van der Waals surface area contributed by atoms with Crippen molar-refractivity contribution < 1.29 is 32.2 Å². The van der Waals surface area contributed by atoms with Crippen LogP contribution in [0.5, 0.6) is 5.75 Å². The summed E-state index contributed by atoms with van der Waals surface area (Å²) in [4.78, 5) is 22.6. The number of carbonyl (C=O) groups is 1. The average molecular weight is 483 g/mol. The Morgan fingerprint density at radius 3 is 2.65 bits per heavy atom. The smallest absolute Gasteiger partial charge is 0.447 e. The lowest BCUT2D eigenvalue weighted by Gasteiger charge is -2.33. The SMILES string of the molecule is CC[C@@H](OC(C)(C)C)[C@H]1COC(=O)N1c1ccnc(N[C@@H](C)c2cccc(OC(F)(F)F)c2)n1. The number of amides is 1. The van der Waals surface area contributed by atoms with Crippen molar-refractivity contribution in [1.82, 2.24) is 9.97 Å². The topological polar surface area (TPSA) is 85.8 Å². The fraction of sp³-hybridized carbons (Fsp3) is 0.522. The van der Waals surface area contributed by atoms with Crippen LogP contribution in [0.15, 0.2) is 36.5 Å². The third kappa shape index (κ3) is 6.72. The molecule has 0 spiro atoms. The number of rotatable bonds is 8. The summed E-state index contributed by atoms with van der Waals surface area (Å²) < 4.78 is 53.1. The van der Waals surface area contributed by atoms with Crippen molar-refractivity contribution in [3.05, 3.63) is 42.1 Å². The predicted octanol–water partition coefficient (Wildman–Crippen LogP) is 5.47. The maximum atomic E-state index is 12.5. The van der Waals surface area contributed by atoms with Gasteiger partial charge in [0.15, 0.2) is 0 Å². The Hall–Kier alpha value is -3.08. The first kappa shape index (κ1) is 25.5. The highest BCUT2D eigenvalue weighted by molar-refractivity contribution is 5.89. The highest BCUT2D eigenvalue weighted by atomic mass is 19.4. The number of nitrogens with one attached hydrogen (secondary N) is 1. The zero-order valence-electron chi connectivity index (χ0n) is 19.7. The molecule has 2 heterocycles. The average Bonchev–Trinajstić information content (AvgIpc) is 3.12. The van der Waals surface area contributed by atoms with Gasteiger partial charge in [-0.1, -0.05) is 19.1 Å². The lowest BCUT2D eigenvalue weighted by atomic mass is 10.1. The Morgan fingerprint density at radius 2 is 2.00 bits per heavy atom. The molecule has 186 valence electrons. The minimum Gasteiger partial charge on any atom is -0.447 e.